The van der Waals surface area contributed by atoms with Crippen molar-refractivity contribution in [3.8, 4) is 11.5 Å². The summed E-state index contributed by atoms with van der Waals surface area (Å²) >= 11 is 0. The van der Waals surface area contributed by atoms with Crippen molar-refractivity contribution in [1.29, 1.82) is 0 Å². The van der Waals surface area contributed by atoms with E-state index in [1.165, 1.54) is 13.2 Å². The first-order valence-corrected chi connectivity index (χ1v) is 9.07. The topological polar surface area (TPSA) is 67.8 Å². The molecule has 0 spiro atoms. The average molecular weight is 373 g/mol. The molecule has 1 fully saturated rings. The molecule has 1 aliphatic carbocycles. The van der Waals surface area contributed by atoms with Gasteiger partial charge in [0.2, 0.25) is 0 Å². The number of aliphatic hydroxyl groups is 1. The molecule has 0 saturated heterocycles. The Bertz CT molecular complexity index is 805. The maximum Gasteiger partial charge on any atom is 0.251 e. The van der Waals surface area contributed by atoms with Crippen molar-refractivity contribution in [2.75, 3.05) is 13.7 Å². The first-order valence-electron chi connectivity index (χ1n) is 9.07. The van der Waals surface area contributed by atoms with Crippen LogP contribution in [0.25, 0.3) is 0 Å². The third-order valence-electron chi connectivity index (χ3n) is 4.85. The largest absolute Gasteiger partial charge is 0.494 e. The van der Waals surface area contributed by atoms with Crippen molar-refractivity contribution in [2.24, 2.45) is 5.92 Å². The van der Waals surface area contributed by atoms with E-state index in [0.717, 1.165) is 0 Å². The molecule has 27 heavy (non-hydrogen) atoms. The number of carbonyl (C=O) groups excluding carboxylic acids is 1. The molecule has 6 heteroatoms. The highest BCUT2D eigenvalue weighted by atomic mass is 19.1. The quantitative estimate of drug-likeness (QED) is 0.780. The first-order chi connectivity index (χ1) is 13.0. The van der Waals surface area contributed by atoms with Crippen LogP contribution in [0.2, 0.25) is 0 Å². The zero-order valence-corrected chi connectivity index (χ0v) is 15.4. The molecular weight excluding hydrogens is 349 g/mol. The summed E-state index contributed by atoms with van der Waals surface area (Å²) in [6.45, 7) is 2.39. The summed E-state index contributed by atoms with van der Waals surface area (Å²) in [5.74, 6) is 0.0802. The Morgan fingerprint density at radius 3 is 2.70 bits per heavy atom. The van der Waals surface area contributed by atoms with Gasteiger partial charge in [0.15, 0.2) is 11.6 Å². The van der Waals surface area contributed by atoms with Crippen LogP contribution in [-0.2, 0) is 0 Å². The van der Waals surface area contributed by atoms with Crippen molar-refractivity contribution in [1.82, 2.24) is 5.32 Å². The molecule has 2 aromatic rings. The Balaban J connectivity index is 1.82. The van der Waals surface area contributed by atoms with Gasteiger partial charge in [0.25, 0.3) is 5.91 Å². The molecule has 0 bridgehead atoms. The lowest BCUT2D eigenvalue weighted by Crippen LogP contribution is -2.41. The zero-order chi connectivity index (χ0) is 19.4. The molecule has 5 nitrogen and oxygen atoms in total. The Hall–Kier alpha value is -2.60. The second-order valence-electron chi connectivity index (χ2n) is 6.69. The SMILES string of the molecule is CCOc1cccc(C(=O)N[C@H](c2ccc(OC)c(F)c2)C2CC(O)C2)c1. The predicted molar refractivity (Wildman–Crippen MR) is 99.5 cm³/mol. The molecule has 1 atom stereocenters. The van der Waals surface area contributed by atoms with Gasteiger partial charge in [-0.3, -0.25) is 4.79 Å². The second kappa shape index (κ2) is 8.39. The Labute approximate surface area is 158 Å². The fourth-order valence-electron chi connectivity index (χ4n) is 3.37. The lowest BCUT2D eigenvalue weighted by molar-refractivity contribution is 0.0234. The highest BCUT2D eigenvalue weighted by molar-refractivity contribution is 5.94. The molecular formula is C21H24FNO4. The van der Waals surface area contributed by atoms with E-state index in [-0.39, 0.29) is 23.7 Å². The Morgan fingerprint density at radius 1 is 1.30 bits per heavy atom. The number of hydrogen-bond acceptors (Lipinski definition) is 4. The van der Waals surface area contributed by atoms with E-state index in [2.05, 4.69) is 5.32 Å². The number of nitrogens with one attached hydrogen (secondary N) is 1. The summed E-state index contributed by atoms with van der Waals surface area (Å²) in [6, 6.07) is 11.2. The van der Waals surface area contributed by atoms with Gasteiger partial charge < -0.3 is 19.9 Å². The zero-order valence-electron chi connectivity index (χ0n) is 15.4. The van der Waals surface area contributed by atoms with E-state index in [1.807, 2.05) is 6.92 Å². The van der Waals surface area contributed by atoms with E-state index in [4.69, 9.17) is 9.47 Å². The van der Waals surface area contributed by atoms with Gasteiger partial charge in [-0.25, -0.2) is 4.39 Å². The molecule has 1 amide bonds. The van der Waals surface area contributed by atoms with Crippen molar-refractivity contribution in [3.05, 3.63) is 59.4 Å². The summed E-state index contributed by atoms with van der Waals surface area (Å²) in [4.78, 5) is 12.8. The molecule has 3 rings (SSSR count). The molecule has 2 N–H and O–H groups in total. The van der Waals surface area contributed by atoms with Gasteiger partial charge >= 0.3 is 0 Å². The summed E-state index contributed by atoms with van der Waals surface area (Å²) < 4.78 is 24.6. The molecule has 144 valence electrons. The Morgan fingerprint density at radius 2 is 2.07 bits per heavy atom. The highest BCUT2D eigenvalue weighted by Crippen LogP contribution is 2.39. The molecule has 0 aromatic heterocycles. The van der Waals surface area contributed by atoms with Gasteiger partial charge in [0, 0.05) is 5.56 Å². The highest BCUT2D eigenvalue weighted by Gasteiger charge is 2.36. The number of rotatable bonds is 7. The fourth-order valence-corrected chi connectivity index (χ4v) is 3.37. The van der Waals surface area contributed by atoms with Crippen LogP contribution in [0.15, 0.2) is 42.5 Å². The molecule has 1 aliphatic rings. The maximum absolute atomic E-state index is 14.2. The number of halogens is 1. The van der Waals surface area contributed by atoms with Crippen LogP contribution in [-0.4, -0.2) is 30.8 Å². The van der Waals surface area contributed by atoms with Gasteiger partial charge in [0.05, 0.1) is 25.9 Å². The van der Waals surface area contributed by atoms with Crippen molar-refractivity contribution >= 4 is 5.91 Å². The predicted octanol–water partition coefficient (Wildman–Crippen LogP) is 3.48. The van der Waals surface area contributed by atoms with Crippen molar-refractivity contribution in [3.63, 3.8) is 0 Å². The maximum atomic E-state index is 14.2. The third-order valence-corrected chi connectivity index (χ3v) is 4.85. The van der Waals surface area contributed by atoms with Crippen LogP contribution in [0, 0.1) is 11.7 Å². The van der Waals surface area contributed by atoms with Gasteiger partial charge in [-0.05, 0) is 61.6 Å². The molecule has 0 unspecified atom stereocenters. The fraction of sp³-hybridized carbons (Fsp3) is 0.381. The van der Waals surface area contributed by atoms with Crippen LogP contribution >= 0.6 is 0 Å². The van der Waals surface area contributed by atoms with Gasteiger partial charge in [0.1, 0.15) is 5.75 Å². The third kappa shape index (κ3) is 4.39. The minimum Gasteiger partial charge on any atom is -0.494 e. The molecule has 0 heterocycles. The first kappa shape index (κ1) is 19.2. The minimum atomic E-state index is -0.479. The van der Waals surface area contributed by atoms with Crippen LogP contribution in [0.3, 0.4) is 0 Å². The normalized spacial score (nSPS) is 19.7. The summed E-state index contributed by atoms with van der Waals surface area (Å²) in [5.41, 5.74) is 1.12. The van der Waals surface area contributed by atoms with E-state index in [1.54, 1.807) is 36.4 Å². The van der Waals surface area contributed by atoms with Crippen LogP contribution in [0.5, 0.6) is 11.5 Å². The summed E-state index contributed by atoms with van der Waals surface area (Å²) in [5, 5.41) is 12.7. The van der Waals surface area contributed by atoms with E-state index in [9.17, 15) is 14.3 Å². The number of aliphatic hydroxyl groups excluding tert-OH is 1. The number of ether oxygens (including phenoxy) is 2. The van der Waals surface area contributed by atoms with Crippen LogP contribution in [0.4, 0.5) is 4.39 Å². The van der Waals surface area contributed by atoms with Gasteiger partial charge in [-0.1, -0.05) is 12.1 Å². The lowest BCUT2D eigenvalue weighted by Gasteiger charge is -2.38. The number of methoxy groups -OCH3 is 1. The summed E-state index contributed by atoms with van der Waals surface area (Å²) in [7, 11) is 1.41. The van der Waals surface area contributed by atoms with E-state index in [0.29, 0.717) is 36.3 Å². The van der Waals surface area contributed by atoms with E-state index >= 15 is 0 Å². The smallest absolute Gasteiger partial charge is 0.251 e. The molecule has 1 saturated carbocycles. The molecule has 0 radical (unpaired) electrons. The standard InChI is InChI=1S/C21H24FNO4/c1-3-27-17-6-4-5-14(11-17)21(25)23-20(15-9-16(24)10-15)13-7-8-19(26-2)18(22)12-13/h4-8,11-12,15-16,20,24H,3,9-10H2,1-2H3,(H,23,25)/t15?,16?,20-/m1/s1. The van der Waals surface area contributed by atoms with Gasteiger partial charge in [-0.2, -0.15) is 0 Å². The number of amides is 1. The second-order valence-corrected chi connectivity index (χ2v) is 6.69. The monoisotopic (exact) mass is 373 g/mol. The van der Waals surface area contributed by atoms with Crippen molar-refractivity contribution in [2.45, 2.75) is 31.9 Å². The van der Waals surface area contributed by atoms with Crippen LogP contribution in [0.1, 0.15) is 41.7 Å². The number of hydrogen-bond donors (Lipinski definition) is 2. The van der Waals surface area contributed by atoms with Crippen LogP contribution < -0.4 is 14.8 Å². The lowest BCUT2D eigenvalue weighted by atomic mass is 9.75. The minimum absolute atomic E-state index is 0.0480. The Kier molecular flexibility index (Phi) is 5.96. The molecule has 2 aromatic carbocycles. The summed E-state index contributed by atoms with van der Waals surface area (Å²) in [6.07, 6.45) is 0.758. The van der Waals surface area contributed by atoms with Gasteiger partial charge in [-0.15, -0.1) is 0 Å². The van der Waals surface area contributed by atoms with Crippen molar-refractivity contribution < 1.29 is 23.8 Å². The number of carbonyl (C=O) groups is 1. The molecule has 0 aliphatic heterocycles. The number of benzene rings is 2. The van der Waals surface area contributed by atoms with E-state index < -0.39 is 11.9 Å². The average Bonchev–Trinajstić information content (AvgIpc) is 2.64.